The van der Waals surface area contributed by atoms with E-state index in [4.69, 9.17) is 4.99 Å². The van der Waals surface area contributed by atoms with Gasteiger partial charge in [-0.2, -0.15) is 0 Å². The highest BCUT2D eigenvalue weighted by molar-refractivity contribution is 5.91. The summed E-state index contributed by atoms with van der Waals surface area (Å²) in [4.78, 5) is 7.89. The number of rotatable bonds is 5. The summed E-state index contributed by atoms with van der Waals surface area (Å²) in [6.45, 7) is 12.0. The standard InChI is InChI=1S/C18H27N2/c1-4-6-7-17(13(3)5-2)19-18-15-8-14-9-16(18)12-20(10-14)11-15/h4-6,14-17H,1,7-12H2,2-3H3/q-1/b13-5+,19-18?. The van der Waals surface area contributed by atoms with Crippen LogP contribution in [0.5, 0.6) is 0 Å². The van der Waals surface area contributed by atoms with Gasteiger partial charge in [0.1, 0.15) is 0 Å². The first-order valence-corrected chi connectivity index (χ1v) is 8.08. The van der Waals surface area contributed by atoms with E-state index in [0.29, 0.717) is 6.04 Å². The van der Waals surface area contributed by atoms with Crippen LogP contribution in [0.4, 0.5) is 0 Å². The third-order valence-electron chi connectivity index (χ3n) is 5.36. The molecule has 0 N–H and O–H groups in total. The minimum absolute atomic E-state index is 0.334. The number of nitrogens with zero attached hydrogens (tertiary/aromatic N) is 2. The van der Waals surface area contributed by atoms with E-state index < -0.39 is 0 Å². The second kappa shape index (κ2) is 5.77. The third-order valence-corrected chi connectivity index (χ3v) is 5.36. The van der Waals surface area contributed by atoms with Gasteiger partial charge in [0.05, 0.1) is 6.04 Å². The highest BCUT2D eigenvalue weighted by Crippen LogP contribution is 2.42. The van der Waals surface area contributed by atoms with E-state index in [2.05, 4.69) is 37.8 Å². The lowest BCUT2D eigenvalue weighted by Gasteiger charge is -2.52. The van der Waals surface area contributed by atoms with E-state index in [1.807, 2.05) is 6.08 Å². The molecule has 0 spiro atoms. The van der Waals surface area contributed by atoms with Crippen molar-refractivity contribution in [1.29, 1.82) is 0 Å². The van der Waals surface area contributed by atoms with Gasteiger partial charge in [0, 0.05) is 37.2 Å². The minimum atomic E-state index is 0.334. The molecule has 3 unspecified atom stereocenters. The first-order valence-electron chi connectivity index (χ1n) is 8.08. The lowest BCUT2D eigenvalue weighted by Crippen LogP contribution is -2.58. The molecular formula is C18H27N2-. The van der Waals surface area contributed by atoms with E-state index in [9.17, 15) is 0 Å². The van der Waals surface area contributed by atoms with Crippen LogP contribution in [0.3, 0.4) is 0 Å². The second-order valence-electron chi connectivity index (χ2n) is 6.76. The van der Waals surface area contributed by atoms with E-state index >= 15 is 0 Å². The van der Waals surface area contributed by atoms with Crippen molar-refractivity contribution in [2.45, 2.75) is 39.2 Å². The maximum Gasteiger partial charge on any atom is 0.0589 e. The second-order valence-corrected chi connectivity index (χ2v) is 6.76. The van der Waals surface area contributed by atoms with Crippen molar-refractivity contribution in [2.75, 3.05) is 19.6 Å². The van der Waals surface area contributed by atoms with Crippen molar-refractivity contribution >= 4 is 5.71 Å². The van der Waals surface area contributed by atoms with Gasteiger partial charge in [-0.1, -0.05) is 18.1 Å². The summed E-state index contributed by atoms with van der Waals surface area (Å²) in [6, 6.07) is 0.334. The molecule has 3 aliphatic heterocycles. The molecule has 2 nitrogen and oxygen atoms in total. The van der Waals surface area contributed by atoms with Gasteiger partial charge in [-0.3, -0.25) is 4.99 Å². The SMILES string of the molecule is C=C[CH-]CC(N=C1C2CC3CC1CN(C3)C2)/C(C)=C/C. The van der Waals surface area contributed by atoms with Crippen LogP contribution in [0.15, 0.2) is 29.3 Å². The quantitative estimate of drug-likeness (QED) is 0.552. The molecule has 4 aliphatic rings. The molecule has 3 saturated heterocycles. The minimum Gasteiger partial charge on any atom is -0.302 e. The Morgan fingerprint density at radius 1 is 1.40 bits per heavy atom. The molecule has 110 valence electrons. The zero-order valence-corrected chi connectivity index (χ0v) is 12.9. The predicted molar refractivity (Wildman–Crippen MR) is 85.9 cm³/mol. The first kappa shape index (κ1) is 13.9. The molecule has 0 aromatic rings. The van der Waals surface area contributed by atoms with Crippen LogP contribution in [-0.4, -0.2) is 36.3 Å². The van der Waals surface area contributed by atoms with Gasteiger partial charge in [-0.05, 0) is 32.6 Å². The topological polar surface area (TPSA) is 15.6 Å². The summed E-state index contributed by atoms with van der Waals surface area (Å²) in [5.41, 5.74) is 2.94. The summed E-state index contributed by atoms with van der Waals surface area (Å²) in [7, 11) is 0. The molecule has 0 radical (unpaired) electrons. The van der Waals surface area contributed by atoms with Crippen molar-refractivity contribution < 1.29 is 0 Å². The molecule has 1 saturated carbocycles. The molecular weight excluding hydrogens is 244 g/mol. The Kier molecular flexibility index (Phi) is 4.02. The molecule has 4 fully saturated rings. The fourth-order valence-electron chi connectivity index (χ4n) is 4.32. The van der Waals surface area contributed by atoms with Gasteiger partial charge in [-0.15, -0.1) is 0 Å². The zero-order valence-electron chi connectivity index (χ0n) is 12.9. The molecule has 0 aromatic heterocycles. The predicted octanol–water partition coefficient (Wildman–Crippen LogP) is 3.51. The van der Waals surface area contributed by atoms with Crippen molar-refractivity contribution in [2.24, 2.45) is 22.7 Å². The van der Waals surface area contributed by atoms with E-state index in [-0.39, 0.29) is 0 Å². The zero-order chi connectivity index (χ0) is 14.1. The Hall–Kier alpha value is -1.02. The molecule has 1 aliphatic carbocycles. The first-order chi connectivity index (χ1) is 9.71. The van der Waals surface area contributed by atoms with E-state index in [0.717, 1.165) is 24.2 Å². The summed E-state index contributed by atoms with van der Waals surface area (Å²) in [5.74, 6) is 2.45. The lowest BCUT2D eigenvalue weighted by molar-refractivity contribution is 0.0565. The molecule has 3 atom stereocenters. The van der Waals surface area contributed by atoms with Crippen LogP contribution in [0, 0.1) is 24.2 Å². The van der Waals surface area contributed by atoms with E-state index in [1.54, 1.807) is 5.71 Å². The van der Waals surface area contributed by atoms with Gasteiger partial charge in [0.15, 0.2) is 0 Å². The van der Waals surface area contributed by atoms with Crippen LogP contribution < -0.4 is 0 Å². The Bertz CT molecular complexity index is 403. The summed E-state index contributed by atoms with van der Waals surface area (Å²) >= 11 is 0. The van der Waals surface area contributed by atoms with Crippen LogP contribution in [0.25, 0.3) is 0 Å². The molecule has 3 heterocycles. The average molecular weight is 271 g/mol. The van der Waals surface area contributed by atoms with Gasteiger partial charge >= 0.3 is 0 Å². The highest BCUT2D eigenvalue weighted by atomic mass is 15.2. The van der Waals surface area contributed by atoms with Gasteiger partial charge in [0.25, 0.3) is 0 Å². The monoisotopic (exact) mass is 271 g/mol. The van der Waals surface area contributed by atoms with Crippen molar-refractivity contribution in [3.05, 3.63) is 30.7 Å². The van der Waals surface area contributed by atoms with Crippen LogP contribution in [0.2, 0.25) is 0 Å². The van der Waals surface area contributed by atoms with Crippen molar-refractivity contribution in [1.82, 2.24) is 4.90 Å². The number of hydrogen-bond acceptors (Lipinski definition) is 2. The lowest BCUT2D eigenvalue weighted by atomic mass is 9.67. The van der Waals surface area contributed by atoms with Crippen molar-refractivity contribution in [3.63, 3.8) is 0 Å². The maximum absolute atomic E-state index is 5.23. The number of allylic oxidation sites excluding steroid dienone is 2. The third kappa shape index (κ3) is 2.58. The molecule has 0 amide bonds. The smallest absolute Gasteiger partial charge is 0.0589 e. The normalized spacial score (nSPS) is 36.9. The molecule has 2 heteroatoms. The molecule has 4 bridgehead atoms. The molecule has 4 rings (SSSR count). The van der Waals surface area contributed by atoms with Gasteiger partial charge in [-0.25, -0.2) is 19.1 Å². The maximum atomic E-state index is 5.23. The largest absolute Gasteiger partial charge is 0.302 e. The Morgan fingerprint density at radius 2 is 2.10 bits per heavy atom. The van der Waals surface area contributed by atoms with E-state index in [1.165, 1.54) is 38.0 Å². The van der Waals surface area contributed by atoms with Gasteiger partial charge < -0.3 is 4.90 Å². The number of piperidine rings is 3. The van der Waals surface area contributed by atoms with Crippen LogP contribution in [-0.2, 0) is 0 Å². The highest BCUT2D eigenvalue weighted by Gasteiger charge is 2.45. The fraction of sp³-hybridized carbons (Fsp3) is 0.667. The summed E-state index contributed by atoms with van der Waals surface area (Å²) in [5, 5.41) is 0. The Balaban J connectivity index is 1.80. The number of aliphatic imine (C=N–C) groups is 1. The van der Waals surface area contributed by atoms with Crippen LogP contribution >= 0.6 is 0 Å². The summed E-state index contributed by atoms with van der Waals surface area (Å²) in [6.07, 6.45) is 10.0. The molecule has 20 heavy (non-hydrogen) atoms. The fourth-order valence-corrected chi connectivity index (χ4v) is 4.32. The van der Waals surface area contributed by atoms with Crippen molar-refractivity contribution in [3.8, 4) is 0 Å². The van der Waals surface area contributed by atoms with Crippen LogP contribution in [0.1, 0.15) is 33.1 Å². The number of hydrogen-bond donors (Lipinski definition) is 0. The summed E-state index contributed by atoms with van der Waals surface area (Å²) < 4.78 is 0. The average Bonchev–Trinajstić information content (AvgIpc) is 2.44. The van der Waals surface area contributed by atoms with Gasteiger partial charge in [0.2, 0.25) is 0 Å². The Labute approximate surface area is 123 Å². The Morgan fingerprint density at radius 3 is 2.65 bits per heavy atom. The molecule has 0 aromatic carbocycles.